The number of hydrogen-bond donors (Lipinski definition) is 2. The number of hydrogen-bond acceptors (Lipinski definition) is 4. The minimum absolute atomic E-state index is 0.525. The molecule has 0 fully saturated rings. The van der Waals surface area contributed by atoms with Crippen molar-refractivity contribution in [2.24, 2.45) is 11.5 Å². The molecule has 2 aromatic rings. The molecule has 0 saturated carbocycles. The van der Waals surface area contributed by atoms with Crippen molar-refractivity contribution >= 4 is 0 Å². The van der Waals surface area contributed by atoms with Crippen LogP contribution in [0.2, 0.25) is 0 Å². The SMILES string of the molecule is NCCCc1ccc(OCCOc2ccc(CCCN)cc2)cc1. The molecular weight excluding hydrogens is 300 g/mol. The highest BCUT2D eigenvalue weighted by Crippen LogP contribution is 2.15. The van der Waals surface area contributed by atoms with E-state index in [1.54, 1.807) is 0 Å². The van der Waals surface area contributed by atoms with Gasteiger partial charge in [0.25, 0.3) is 0 Å². The quantitative estimate of drug-likeness (QED) is 0.622. The highest BCUT2D eigenvalue weighted by Gasteiger charge is 1.98. The Bertz CT molecular complexity index is 514. The van der Waals surface area contributed by atoms with Crippen molar-refractivity contribution in [1.82, 2.24) is 0 Å². The number of benzene rings is 2. The Balaban J connectivity index is 1.67. The van der Waals surface area contributed by atoms with Crippen LogP contribution in [0.1, 0.15) is 24.0 Å². The lowest BCUT2D eigenvalue weighted by Gasteiger charge is -2.09. The standard InChI is InChI=1S/C20H28N2O2/c21-13-1-3-17-5-9-19(10-6-17)23-15-16-24-20-11-7-18(8-12-20)4-2-14-22/h5-12H,1-4,13-16,21-22H2. The summed E-state index contributed by atoms with van der Waals surface area (Å²) in [5, 5.41) is 0. The fourth-order valence-corrected chi connectivity index (χ4v) is 2.44. The molecule has 0 saturated heterocycles. The average molecular weight is 328 g/mol. The monoisotopic (exact) mass is 328 g/mol. The average Bonchev–Trinajstić information content (AvgIpc) is 2.64. The molecule has 0 aliphatic carbocycles. The molecule has 0 amide bonds. The van der Waals surface area contributed by atoms with Crippen molar-refractivity contribution in [3.05, 3.63) is 59.7 Å². The van der Waals surface area contributed by atoms with Crippen LogP contribution in [0, 0.1) is 0 Å². The van der Waals surface area contributed by atoms with Gasteiger partial charge in [0.15, 0.2) is 0 Å². The predicted octanol–water partition coefficient (Wildman–Crippen LogP) is 2.93. The normalized spacial score (nSPS) is 10.6. The summed E-state index contributed by atoms with van der Waals surface area (Å²) in [6, 6.07) is 16.3. The number of rotatable bonds is 11. The fourth-order valence-electron chi connectivity index (χ4n) is 2.44. The Kier molecular flexibility index (Phi) is 8.15. The van der Waals surface area contributed by atoms with E-state index in [4.69, 9.17) is 20.9 Å². The number of nitrogens with two attached hydrogens (primary N) is 2. The van der Waals surface area contributed by atoms with E-state index in [0.717, 1.165) is 50.3 Å². The van der Waals surface area contributed by atoms with E-state index in [9.17, 15) is 0 Å². The van der Waals surface area contributed by atoms with E-state index in [1.165, 1.54) is 11.1 Å². The van der Waals surface area contributed by atoms with Crippen LogP contribution in [0.4, 0.5) is 0 Å². The molecule has 4 nitrogen and oxygen atoms in total. The zero-order valence-electron chi connectivity index (χ0n) is 14.2. The molecule has 0 spiro atoms. The smallest absolute Gasteiger partial charge is 0.122 e. The fraction of sp³-hybridized carbons (Fsp3) is 0.400. The summed E-state index contributed by atoms with van der Waals surface area (Å²) in [6.45, 7) is 2.50. The first kappa shape index (κ1) is 18.3. The van der Waals surface area contributed by atoms with Gasteiger partial charge in [-0.25, -0.2) is 0 Å². The van der Waals surface area contributed by atoms with Crippen LogP contribution in [0.15, 0.2) is 48.5 Å². The van der Waals surface area contributed by atoms with Gasteiger partial charge in [-0.2, -0.15) is 0 Å². The Morgan fingerprint density at radius 2 is 0.958 bits per heavy atom. The first-order valence-corrected chi connectivity index (χ1v) is 8.65. The van der Waals surface area contributed by atoms with Crippen molar-refractivity contribution in [1.29, 1.82) is 0 Å². The molecule has 4 N–H and O–H groups in total. The van der Waals surface area contributed by atoms with Gasteiger partial charge < -0.3 is 20.9 Å². The Hall–Kier alpha value is -2.04. The molecule has 0 aliphatic heterocycles. The Morgan fingerprint density at radius 3 is 1.29 bits per heavy atom. The third kappa shape index (κ3) is 6.60. The van der Waals surface area contributed by atoms with Gasteiger partial charge in [-0.1, -0.05) is 24.3 Å². The second-order valence-corrected chi connectivity index (χ2v) is 5.77. The summed E-state index contributed by atoms with van der Waals surface area (Å²) in [4.78, 5) is 0. The highest BCUT2D eigenvalue weighted by atomic mass is 16.5. The van der Waals surface area contributed by atoms with Crippen molar-refractivity contribution < 1.29 is 9.47 Å². The largest absolute Gasteiger partial charge is 0.490 e. The zero-order valence-corrected chi connectivity index (χ0v) is 14.2. The molecule has 0 aliphatic rings. The number of aryl methyl sites for hydroxylation is 2. The highest BCUT2D eigenvalue weighted by molar-refractivity contribution is 5.28. The molecule has 130 valence electrons. The predicted molar refractivity (Wildman–Crippen MR) is 98.6 cm³/mol. The summed E-state index contributed by atoms with van der Waals surface area (Å²) in [6.07, 6.45) is 4.06. The summed E-state index contributed by atoms with van der Waals surface area (Å²) in [5.41, 5.74) is 13.6. The topological polar surface area (TPSA) is 70.5 Å². The van der Waals surface area contributed by atoms with E-state index < -0.39 is 0 Å². The van der Waals surface area contributed by atoms with E-state index >= 15 is 0 Å². The lowest BCUT2D eigenvalue weighted by molar-refractivity contribution is 0.217. The summed E-state index contributed by atoms with van der Waals surface area (Å²) >= 11 is 0. The lowest BCUT2D eigenvalue weighted by Crippen LogP contribution is -2.09. The van der Waals surface area contributed by atoms with Crippen molar-refractivity contribution in [3.63, 3.8) is 0 Å². The van der Waals surface area contributed by atoms with Crippen LogP contribution in [0.5, 0.6) is 11.5 Å². The van der Waals surface area contributed by atoms with Crippen LogP contribution < -0.4 is 20.9 Å². The summed E-state index contributed by atoms with van der Waals surface area (Å²) in [7, 11) is 0. The second-order valence-electron chi connectivity index (χ2n) is 5.77. The molecule has 0 unspecified atom stereocenters. The van der Waals surface area contributed by atoms with Gasteiger partial charge in [0.1, 0.15) is 24.7 Å². The van der Waals surface area contributed by atoms with Crippen LogP contribution in [-0.2, 0) is 12.8 Å². The molecular formula is C20H28N2O2. The van der Waals surface area contributed by atoms with Crippen LogP contribution in [0.25, 0.3) is 0 Å². The van der Waals surface area contributed by atoms with Gasteiger partial charge in [-0.05, 0) is 74.2 Å². The van der Waals surface area contributed by atoms with E-state index in [-0.39, 0.29) is 0 Å². The molecule has 2 rings (SSSR count). The molecule has 0 atom stereocenters. The van der Waals surface area contributed by atoms with Crippen molar-refractivity contribution in [3.8, 4) is 11.5 Å². The van der Waals surface area contributed by atoms with Gasteiger partial charge >= 0.3 is 0 Å². The third-order valence-electron chi connectivity index (χ3n) is 3.81. The second kappa shape index (κ2) is 10.7. The van der Waals surface area contributed by atoms with Crippen LogP contribution in [-0.4, -0.2) is 26.3 Å². The van der Waals surface area contributed by atoms with Gasteiger partial charge in [-0.15, -0.1) is 0 Å². The van der Waals surface area contributed by atoms with Crippen LogP contribution in [0.3, 0.4) is 0 Å². The van der Waals surface area contributed by atoms with Gasteiger partial charge in [0.2, 0.25) is 0 Å². The minimum atomic E-state index is 0.525. The molecule has 0 heterocycles. The van der Waals surface area contributed by atoms with E-state index in [1.807, 2.05) is 24.3 Å². The molecule has 0 bridgehead atoms. The first-order chi connectivity index (χ1) is 11.8. The summed E-state index contributed by atoms with van der Waals surface area (Å²) < 4.78 is 11.4. The molecule has 24 heavy (non-hydrogen) atoms. The van der Waals surface area contributed by atoms with Gasteiger partial charge in [-0.3, -0.25) is 0 Å². The molecule has 2 aromatic carbocycles. The maximum Gasteiger partial charge on any atom is 0.122 e. The zero-order chi connectivity index (χ0) is 17.0. The maximum absolute atomic E-state index is 5.70. The van der Waals surface area contributed by atoms with Gasteiger partial charge in [0.05, 0.1) is 0 Å². The van der Waals surface area contributed by atoms with Crippen molar-refractivity contribution in [2.75, 3.05) is 26.3 Å². The maximum atomic E-state index is 5.70. The van der Waals surface area contributed by atoms with E-state index in [0.29, 0.717) is 13.2 Å². The molecule has 0 aromatic heterocycles. The Morgan fingerprint density at radius 1 is 0.583 bits per heavy atom. The third-order valence-corrected chi connectivity index (χ3v) is 3.81. The Labute approximate surface area is 144 Å². The minimum Gasteiger partial charge on any atom is -0.490 e. The molecule has 4 heteroatoms. The van der Waals surface area contributed by atoms with Crippen molar-refractivity contribution in [2.45, 2.75) is 25.7 Å². The summed E-state index contributed by atoms with van der Waals surface area (Å²) in [5.74, 6) is 1.74. The van der Waals surface area contributed by atoms with E-state index in [2.05, 4.69) is 24.3 Å². The number of ether oxygens (including phenoxy) is 2. The lowest BCUT2D eigenvalue weighted by atomic mass is 10.1. The first-order valence-electron chi connectivity index (χ1n) is 8.65. The van der Waals surface area contributed by atoms with Crippen LogP contribution >= 0.6 is 0 Å². The molecule has 0 radical (unpaired) electrons. The van der Waals surface area contributed by atoms with Gasteiger partial charge in [0, 0.05) is 0 Å².